The minimum atomic E-state index is -0.872. The Hall–Kier alpha value is -0.830. The van der Waals surface area contributed by atoms with Crippen molar-refractivity contribution in [2.75, 3.05) is 0 Å². The summed E-state index contributed by atoms with van der Waals surface area (Å²) < 4.78 is 0. The minimum absolute atomic E-state index is 0.0194. The molecular formula is C7H12O3. The molecule has 0 bridgehead atoms. The van der Waals surface area contributed by atoms with Crippen LogP contribution in [0.3, 0.4) is 0 Å². The van der Waals surface area contributed by atoms with Crippen LogP contribution in [-0.2, 0) is 4.79 Å². The summed E-state index contributed by atoms with van der Waals surface area (Å²) in [5.41, 5.74) is 0. The fraction of sp³-hybridized carbons (Fsp3) is 0.571. The van der Waals surface area contributed by atoms with Crippen LogP contribution in [0.1, 0.15) is 19.8 Å². The average molecular weight is 144 g/mol. The number of aliphatic hydroxyl groups excluding tert-OH is 1. The predicted molar refractivity (Wildman–Crippen MR) is 37.7 cm³/mol. The van der Waals surface area contributed by atoms with Crippen molar-refractivity contribution in [2.24, 2.45) is 0 Å². The Balaban J connectivity index is 3.39. The van der Waals surface area contributed by atoms with Gasteiger partial charge >= 0.3 is 5.97 Å². The van der Waals surface area contributed by atoms with E-state index < -0.39 is 12.1 Å². The summed E-state index contributed by atoms with van der Waals surface area (Å²) in [6, 6.07) is 0. The van der Waals surface area contributed by atoms with Gasteiger partial charge in [-0.2, -0.15) is 0 Å². The highest BCUT2D eigenvalue weighted by Crippen LogP contribution is 1.97. The summed E-state index contributed by atoms with van der Waals surface area (Å²) in [7, 11) is 0. The van der Waals surface area contributed by atoms with Crippen molar-refractivity contribution < 1.29 is 15.0 Å². The standard InChI is InChI=1S/C7H12O3/c1-2-3-6(8)4-5-7(9)10/h2-3,6,8H,4-5H2,1H3,(H,9,10). The van der Waals surface area contributed by atoms with Crippen LogP contribution in [0.2, 0.25) is 0 Å². The van der Waals surface area contributed by atoms with Gasteiger partial charge in [0.05, 0.1) is 6.10 Å². The second kappa shape index (κ2) is 4.99. The third-order valence-corrected chi connectivity index (χ3v) is 1.07. The quantitative estimate of drug-likeness (QED) is 0.573. The van der Waals surface area contributed by atoms with E-state index in [1.165, 1.54) is 0 Å². The van der Waals surface area contributed by atoms with Gasteiger partial charge in [-0.15, -0.1) is 0 Å². The molecule has 0 radical (unpaired) electrons. The van der Waals surface area contributed by atoms with Crippen LogP contribution in [0.5, 0.6) is 0 Å². The normalized spacial score (nSPS) is 13.8. The molecule has 0 amide bonds. The van der Waals surface area contributed by atoms with Gasteiger partial charge in [-0.3, -0.25) is 4.79 Å². The zero-order valence-electron chi connectivity index (χ0n) is 5.95. The largest absolute Gasteiger partial charge is 0.481 e. The number of carboxylic acid groups (broad SMARTS) is 1. The Kier molecular flexibility index (Phi) is 4.58. The summed E-state index contributed by atoms with van der Waals surface area (Å²) in [6.45, 7) is 1.78. The third-order valence-electron chi connectivity index (χ3n) is 1.07. The highest BCUT2D eigenvalue weighted by atomic mass is 16.4. The first kappa shape index (κ1) is 9.17. The lowest BCUT2D eigenvalue weighted by Crippen LogP contribution is -2.05. The van der Waals surface area contributed by atoms with E-state index in [1.54, 1.807) is 19.1 Å². The third kappa shape index (κ3) is 5.31. The van der Waals surface area contributed by atoms with Gasteiger partial charge in [-0.25, -0.2) is 0 Å². The Morgan fingerprint density at radius 2 is 2.30 bits per heavy atom. The van der Waals surface area contributed by atoms with Crippen LogP contribution in [-0.4, -0.2) is 22.3 Å². The summed E-state index contributed by atoms with van der Waals surface area (Å²) in [6.07, 6.45) is 2.97. The maximum Gasteiger partial charge on any atom is 0.303 e. The van der Waals surface area contributed by atoms with Crippen molar-refractivity contribution in [3.8, 4) is 0 Å². The minimum Gasteiger partial charge on any atom is -0.481 e. The molecule has 0 saturated heterocycles. The van der Waals surface area contributed by atoms with Crippen molar-refractivity contribution in [1.29, 1.82) is 0 Å². The molecule has 58 valence electrons. The molecule has 0 fully saturated rings. The van der Waals surface area contributed by atoms with E-state index in [4.69, 9.17) is 10.2 Å². The fourth-order valence-electron chi connectivity index (χ4n) is 0.590. The number of aliphatic carboxylic acids is 1. The van der Waals surface area contributed by atoms with Gasteiger partial charge < -0.3 is 10.2 Å². The molecule has 10 heavy (non-hydrogen) atoms. The summed E-state index contributed by atoms with van der Waals surface area (Å²) >= 11 is 0. The van der Waals surface area contributed by atoms with Gasteiger partial charge in [0.2, 0.25) is 0 Å². The van der Waals surface area contributed by atoms with Crippen molar-refractivity contribution in [3.05, 3.63) is 12.2 Å². The van der Waals surface area contributed by atoms with E-state index in [-0.39, 0.29) is 6.42 Å². The first-order valence-corrected chi connectivity index (χ1v) is 3.19. The Bertz CT molecular complexity index is 129. The second-order valence-corrected chi connectivity index (χ2v) is 2.03. The Morgan fingerprint density at radius 3 is 2.70 bits per heavy atom. The maximum absolute atomic E-state index is 9.97. The van der Waals surface area contributed by atoms with Crippen LogP contribution in [0.25, 0.3) is 0 Å². The van der Waals surface area contributed by atoms with Crippen molar-refractivity contribution >= 4 is 5.97 Å². The molecule has 0 aromatic carbocycles. The Labute approximate surface area is 60.0 Å². The van der Waals surface area contributed by atoms with E-state index in [0.29, 0.717) is 6.42 Å². The fourth-order valence-corrected chi connectivity index (χ4v) is 0.590. The lowest BCUT2D eigenvalue weighted by atomic mass is 10.2. The van der Waals surface area contributed by atoms with Crippen LogP contribution in [0.4, 0.5) is 0 Å². The van der Waals surface area contributed by atoms with Gasteiger partial charge in [0.25, 0.3) is 0 Å². The number of hydrogen-bond acceptors (Lipinski definition) is 2. The lowest BCUT2D eigenvalue weighted by molar-refractivity contribution is -0.137. The molecule has 0 aromatic heterocycles. The van der Waals surface area contributed by atoms with E-state index >= 15 is 0 Å². The molecule has 3 nitrogen and oxygen atoms in total. The lowest BCUT2D eigenvalue weighted by Gasteiger charge is -2.00. The second-order valence-electron chi connectivity index (χ2n) is 2.03. The molecule has 3 heteroatoms. The van der Waals surface area contributed by atoms with Gasteiger partial charge in [-0.1, -0.05) is 12.2 Å². The van der Waals surface area contributed by atoms with Crippen LogP contribution in [0, 0.1) is 0 Å². The number of carboxylic acids is 1. The number of carbonyl (C=O) groups is 1. The topological polar surface area (TPSA) is 57.5 Å². The molecule has 0 aliphatic heterocycles. The molecule has 0 aliphatic rings. The summed E-state index contributed by atoms with van der Waals surface area (Å²) in [5.74, 6) is -0.872. The van der Waals surface area contributed by atoms with Crippen LogP contribution >= 0.6 is 0 Å². The van der Waals surface area contributed by atoms with E-state index in [1.807, 2.05) is 0 Å². The summed E-state index contributed by atoms with van der Waals surface area (Å²) in [5, 5.41) is 17.1. The number of allylic oxidation sites excluding steroid dienone is 1. The predicted octanol–water partition coefficient (Wildman–Crippen LogP) is 0.788. The first-order chi connectivity index (χ1) is 4.66. The van der Waals surface area contributed by atoms with Gasteiger partial charge in [0.15, 0.2) is 0 Å². The molecule has 1 atom stereocenters. The molecule has 0 heterocycles. The smallest absolute Gasteiger partial charge is 0.303 e. The number of aliphatic hydroxyl groups is 1. The molecule has 0 aromatic rings. The molecule has 0 rings (SSSR count). The molecule has 1 unspecified atom stereocenters. The van der Waals surface area contributed by atoms with E-state index in [2.05, 4.69) is 0 Å². The Morgan fingerprint density at radius 1 is 1.70 bits per heavy atom. The highest BCUT2D eigenvalue weighted by molar-refractivity contribution is 5.66. The van der Waals surface area contributed by atoms with E-state index in [0.717, 1.165) is 0 Å². The van der Waals surface area contributed by atoms with Crippen molar-refractivity contribution in [2.45, 2.75) is 25.9 Å². The van der Waals surface area contributed by atoms with Gasteiger partial charge in [0.1, 0.15) is 0 Å². The SMILES string of the molecule is CC=CC(O)CCC(=O)O. The number of hydrogen-bond donors (Lipinski definition) is 2. The maximum atomic E-state index is 9.97. The average Bonchev–Trinajstić information content (AvgIpc) is 1.85. The molecule has 0 spiro atoms. The highest BCUT2D eigenvalue weighted by Gasteiger charge is 2.01. The van der Waals surface area contributed by atoms with Gasteiger partial charge in [0, 0.05) is 6.42 Å². The van der Waals surface area contributed by atoms with Gasteiger partial charge in [-0.05, 0) is 13.3 Å². The first-order valence-electron chi connectivity index (χ1n) is 3.19. The zero-order valence-corrected chi connectivity index (χ0v) is 5.95. The molecule has 0 saturated carbocycles. The van der Waals surface area contributed by atoms with Crippen LogP contribution in [0.15, 0.2) is 12.2 Å². The molecule has 2 N–H and O–H groups in total. The van der Waals surface area contributed by atoms with Crippen molar-refractivity contribution in [1.82, 2.24) is 0 Å². The van der Waals surface area contributed by atoms with Crippen LogP contribution < -0.4 is 0 Å². The van der Waals surface area contributed by atoms with E-state index in [9.17, 15) is 4.79 Å². The van der Waals surface area contributed by atoms with Crippen molar-refractivity contribution in [3.63, 3.8) is 0 Å². The molecular weight excluding hydrogens is 132 g/mol. The molecule has 0 aliphatic carbocycles. The number of rotatable bonds is 4. The zero-order chi connectivity index (χ0) is 7.98. The summed E-state index contributed by atoms with van der Waals surface area (Å²) in [4.78, 5) is 9.97. The monoisotopic (exact) mass is 144 g/mol.